The van der Waals surface area contributed by atoms with Crippen molar-refractivity contribution in [2.45, 2.75) is 37.5 Å². The van der Waals surface area contributed by atoms with E-state index in [9.17, 15) is 5.11 Å². The Hall–Kier alpha value is -1.32. The largest absolute Gasteiger partial charge is 0.387 e. The lowest BCUT2D eigenvalue weighted by atomic mass is 10.1. The molecule has 1 aromatic heterocycles. The number of aryl methyl sites for hydroxylation is 2. The van der Waals surface area contributed by atoms with Gasteiger partial charge in [0.25, 0.3) is 0 Å². The summed E-state index contributed by atoms with van der Waals surface area (Å²) >= 11 is 1.77. The van der Waals surface area contributed by atoms with Crippen LogP contribution in [0, 0.1) is 13.8 Å². The zero-order valence-electron chi connectivity index (χ0n) is 11.6. The van der Waals surface area contributed by atoms with Gasteiger partial charge in [-0.1, -0.05) is 29.3 Å². The maximum absolute atomic E-state index is 9.41. The average Bonchev–Trinajstić information content (AvgIpc) is 2.36. The summed E-state index contributed by atoms with van der Waals surface area (Å²) in [5, 5.41) is 9.41. The molecule has 1 heterocycles. The van der Waals surface area contributed by atoms with Crippen LogP contribution in [0.5, 0.6) is 0 Å². The van der Waals surface area contributed by atoms with Crippen LogP contribution in [0.2, 0.25) is 0 Å². The third-order valence-corrected chi connectivity index (χ3v) is 3.93. The molecule has 1 N–H and O–H groups in total. The number of aromatic nitrogens is 1. The van der Waals surface area contributed by atoms with Gasteiger partial charge in [-0.2, -0.15) is 0 Å². The van der Waals surface area contributed by atoms with Crippen LogP contribution in [0.1, 0.15) is 35.4 Å². The summed E-state index contributed by atoms with van der Waals surface area (Å²) in [7, 11) is 0. The molecule has 1 aromatic carbocycles. The van der Waals surface area contributed by atoms with Crippen molar-refractivity contribution in [1.29, 1.82) is 0 Å². The normalized spacial score (nSPS) is 12.4. The second-order valence-electron chi connectivity index (χ2n) is 4.88. The Balaban J connectivity index is 2.02. The van der Waals surface area contributed by atoms with E-state index >= 15 is 0 Å². The molecule has 0 bridgehead atoms. The Bertz CT molecular complexity index is 529. The summed E-state index contributed by atoms with van der Waals surface area (Å²) in [6.07, 6.45) is 1.33. The number of rotatable bonds is 4. The van der Waals surface area contributed by atoms with Crippen LogP contribution >= 0.6 is 11.8 Å². The molecule has 0 aliphatic carbocycles. The third kappa shape index (κ3) is 4.08. The van der Waals surface area contributed by atoms with Gasteiger partial charge in [-0.15, -0.1) is 11.8 Å². The van der Waals surface area contributed by atoms with E-state index in [1.807, 2.05) is 18.3 Å². The van der Waals surface area contributed by atoms with E-state index in [0.717, 1.165) is 16.3 Å². The van der Waals surface area contributed by atoms with Crippen LogP contribution in [-0.4, -0.2) is 10.1 Å². The van der Waals surface area contributed by atoms with E-state index in [4.69, 9.17) is 0 Å². The van der Waals surface area contributed by atoms with E-state index < -0.39 is 6.10 Å². The molecule has 0 saturated carbocycles. The van der Waals surface area contributed by atoms with E-state index in [1.165, 1.54) is 16.7 Å². The van der Waals surface area contributed by atoms with Crippen LogP contribution < -0.4 is 0 Å². The maximum atomic E-state index is 9.41. The molecule has 2 nitrogen and oxygen atoms in total. The average molecular weight is 273 g/mol. The number of hydrogen-bond donors (Lipinski definition) is 1. The zero-order chi connectivity index (χ0) is 13.8. The number of hydrogen-bond acceptors (Lipinski definition) is 3. The first-order valence-corrected chi connectivity index (χ1v) is 7.37. The molecule has 19 heavy (non-hydrogen) atoms. The minimum Gasteiger partial charge on any atom is -0.387 e. The fraction of sp³-hybridized carbons (Fsp3) is 0.312. The molecule has 0 amide bonds. The molecule has 3 heteroatoms. The molecule has 0 aliphatic rings. The molecule has 0 fully saturated rings. The smallest absolute Gasteiger partial charge is 0.0931 e. The topological polar surface area (TPSA) is 33.1 Å². The SMILES string of the molecule is Cc1cc(C)cc(CSc2ccc([C@H](C)O)nc2)c1. The Morgan fingerprint density at radius 2 is 1.84 bits per heavy atom. The number of pyridine rings is 1. The van der Waals surface area contributed by atoms with Crippen molar-refractivity contribution in [2.75, 3.05) is 0 Å². The minimum atomic E-state index is -0.501. The van der Waals surface area contributed by atoms with Gasteiger partial charge in [0.15, 0.2) is 0 Å². The van der Waals surface area contributed by atoms with Crippen molar-refractivity contribution in [3.05, 3.63) is 58.9 Å². The zero-order valence-corrected chi connectivity index (χ0v) is 12.4. The highest BCUT2D eigenvalue weighted by Crippen LogP contribution is 2.24. The van der Waals surface area contributed by atoms with Crippen LogP contribution in [0.25, 0.3) is 0 Å². The van der Waals surface area contributed by atoms with Gasteiger partial charge in [-0.3, -0.25) is 4.98 Å². The maximum Gasteiger partial charge on any atom is 0.0931 e. The number of aliphatic hydroxyl groups excluding tert-OH is 1. The third-order valence-electron chi connectivity index (χ3n) is 2.87. The quantitative estimate of drug-likeness (QED) is 0.853. The minimum absolute atomic E-state index is 0.501. The van der Waals surface area contributed by atoms with Crippen molar-refractivity contribution >= 4 is 11.8 Å². The molecule has 2 rings (SSSR count). The molecule has 1 atom stereocenters. The molecule has 0 radical (unpaired) electrons. The van der Waals surface area contributed by atoms with Crippen LogP contribution in [0.15, 0.2) is 41.4 Å². The van der Waals surface area contributed by atoms with E-state index in [2.05, 4.69) is 37.0 Å². The lowest BCUT2D eigenvalue weighted by Crippen LogP contribution is -1.94. The Morgan fingerprint density at radius 3 is 2.37 bits per heavy atom. The fourth-order valence-electron chi connectivity index (χ4n) is 2.04. The summed E-state index contributed by atoms with van der Waals surface area (Å²) in [5.74, 6) is 0.943. The van der Waals surface area contributed by atoms with E-state index in [1.54, 1.807) is 18.7 Å². The number of aliphatic hydroxyl groups is 1. The van der Waals surface area contributed by atoms with Gasteiger partial charge >= 0.3 is 0 Å². The molecule has 0 aliphatic heterocycles. The van der Waals surface area contributed by atoms with Crippen LogP contribution in [0.3, 0.4) is 0 Å². The van der Waals surface area contributed by atoms with Gasteiger partial charge in [0.1, 0.15) is 0 Å². The van der Waals surface area contributed by atoms with Crippen molar-refractivity contribution in [2.24, 2.45) is 0 Å². The van der Waals surface area contributed by atoms with Crippen molar-refractivity contribution < 1.29 is 5.11 Å². The van der Waals surface area contributed by atoms with E-state index in [-0.39, 0.29) is 0 Å². The standard InChI is InChI=1S/C16H19NOS/c1-11-6-12(2)8-14(7-11)10-19-15-4-5-16(13(3)18)17-9-15/h4-9,13,18H,10H2,1-3H3/t13-/m0/s1. The lowest BCUT2D eigenvalue weighted by molar-refractivity contribution is 0.194. The van der Waals surface area contributed by atoms with Gasteiger partial charge in [0.05, 0.1) is 11.8 Å². The first kappa shape index (κ1) is 14.1. The summed E-state index contributed by atoms with van der Waals surface area (Å²) in [6, 6.07) is 10.5. The predicted octanol–water partition coefficient (Wildman–Crippen LogP) is 4.04. The van der Waals surface area contributed by atoms with Crippen LogP contribution in [-0.2, 0) is 5.75 Å². The molecular formula is C16H19NOS. The second-order valence-corrected chi connectivity index (χ2v) is 5.93. The highest BCUT2D eigenvalue weighted by atomic mass is 32.2. The van der Waals surface area contributed by atoms with Gasteiger partial charge in [0.2, 0.25) is 0 Å². The van der Waals surface area contributed by atoms with Crippen molar-refractivity contribution in [3.8, 4) is 0 Å². The fourth-order valence-corrected chi connectivity index (χ4v) is 2.83. The lowest BCUT2D eigenvalue weighted by Gasteiger charge is -2.07. The van der Waals surface area contributed by atoms with Gasteiger partial charge in [-0.25, -0.2) is 0 Å². The molecule has 0 spiro atoms. The Kier molecular flexibility index (Phi) is 4.61. The first-order chi connectivity index (χ1) is 9.04. The van der Waals surface area contributed by atoms with Gasteiger partial charge < -0.3 is 5.11 Å². The summed E-state index contributed by atoms with van der Waals surface area (Å²) in [5.41, 5.74) is 4.66. The second kappa shape index (κ2) is 6.22. The Labute approximate surface area is 118 Å². The van der Waals surface area contributed by atoms with Gasteiger partial charge in [-0.05, 0) is 38.5 Å². The highest BCUT2D eigenvalue weighted by Gasteiger charge is 2.03. The molecular weight excluding hydrogens is 254 g/mol. The van der Waals surface area contributed by atoms with Gasteiger partial charge in [0, 0.05) is 16.8 Å². The first-order valence-electron chi connectivity index (χ1n) is 6.38. The van der Waals surface area contributed by atoms with Crippen LogP contribution in [0.4, 0.5) is 0 Å². The number of benzene rings is 1. The summed E-state index contributed by atoms with van der Waals surface area (Å²) in [6.45, 7) is 5.98. The number of thioether (sulfide) groups is 1. The molecule has 0 unspecified atom stereocenters. The number of nitrogens with zero attached hydrogens (tertiary/aromatic N) is 1. The summed E-state index contributed by atoms with van der Waals surface area (Å²) in [4.78, 5) is 5.38. The van der Waals surface area contributed by atoms with Crippen molar-refractivity contribution in [3.63, 3.8) is 0 Å². The molecule has 100 valence electrons. The molecule has 0 saturated heterocycles. The monoisotopic (exact) mass is 273 g/mol. The van der Waals surface area contributed by atoms with Crippen molar-refractivity contribution in [1.82, 2.24) is 4.98 Å². The highest BCUT2D eigenvalue weighted by molar-refractivity contribution is 7.98. The Morgan fingerprint density at radius 1 is 1.16 bits per heavy atom. The molecule has 2 aromatic rings. The predicted molar refractivity (Wildman–Crippen MR) is 80.3 cm³/mol. The van der Waals surface area contributed by atoms with E-state index in [0.29, 0.717) is 0 Å². The summed E-state index contributed by atoms with van der Waals surface area (Å²) < 4.78 is 0.